The zero-order chi connectivity index (χ0) is 65.0. The van der Waals surface area contributed by atoms with Crippen LogP contribution in [0.15, 0.2) is 72.8 Å². The van der Waals surface area contributed by atoms with Crippen molar-refractivity contribution in [3.05, 3.63) is 128 Å². The highest BCUT2D eigenvalue weighted by atomic mass is 32.2. The molecular weight excluding hydrogens is 1180 g/mol. The SMILES string of the molecule is CCC(CC)(c1ccc(C#CC(OCOC)(C(F)(F)F)C(F)(F)F)c(C)c1)c1ccc(B2OC(C)(C)C(C)(C)O2)c(C)c1.CCC(CC)(c1ccc(C#CC(OCOC)(C(F)(F)F)C(F)(F)F)c(C)c1)c1ccc(OS(=O)(=O)C(F)(F)F)c(C)c1. The molecule has 1 heterocycles. The lowest BCUT2D eigenvalue weighted by atomic mass is 9.68. The van der Waals surface area contributed by atoms with Gasteiger partial charge in [0.05, 0.1) is 11.2 Å². The van der Waals surface area contributed by atoms with Gasteiger partial charge in [-0.2, -0.15) is 74.3 Å². The smallest absolute Gasteiger partial charge is 0.399 e. The lowest BCUT2D eigenvalue weighted by molar-refractivity contribution is -0.368. The molecular formula is C59H66BF15O9S. The fourth-order valence-corrected chi connectivity index (χ4v) is 10.2. The molecule has 0 spiro atoms. The molecule has 0 atom stereocenters. The van der Waals surface area contributed by atoms with Crippen LogP contribution in [0.5, 0.6) is 5.75 Å². The Morgan fingerprint density at radius 1 is 0.482 bits per heavy atom. The van der Waals surface area contributed by atoms with Gasteiger partial charge in [0.2, 0.25) is 0 Å². The second-order valence-electron chi connectivity index (χ2n) is 21.2. The summed E-state index contributed by atoms with van der Waals surface area (Å²) in [6, 6.07) is 19.2. The zero-order valence-corrected chi connectivity index (χ0v) is 49.8. The maximum atomic E-state index is 13.7. The normalized spacial score (nSPS) is 15.3. The molecule has 0 bridgehead atoms. The number of methoxy groups -OCH3 is 2. The van der Waals surface area contributed by atoms with E-state index in [1.807, 2.05) is 66.5 Å². The van der Waals surface area contributed by atoms with Crippen molar-refractivity contribution in [3.8, 4) is 29.4 Å². The monoisotopic (exact) mass is 1250 g/mol. The fraction of sp³-hybridized carbons (Fsp3) is 0.525. The van der Waals surface area contributed by atoms with Crippen LogP contribution in [0.25, 0.3) is 0 Å². The molecule has 1 aliphatic rings. The maximum Gasteiger partial charge on any atom is 0.534 e. The van der Waals surface area contributed by atoms with E-state index in [1.54, 1.807) is 32.9 Å². The van der Waals surface area contributed by atoms with Gasteiger partial charge >= 0.3 is 58.7 Å². The number of aryl methyl sites for hydroxylation is 4. The van der Waals surface area contributed by atoms with E-state index in [0.29, 0.717) is 42.4 Å². The van der Waals surface area contributed by atoms with Gasteiger partial charge in [0.15, 0.2) is 0 Å². The molecule has 4 aromatic rings. The highest BCUT2D eigenvalue weighted by Gasteiger charge is 2.73. The Morgan fingerprint density at radius 2 is 0.800 bits per heavy atom. The van der Waals surface area contributed by atoms with Crippen LogP contribution < -0.4 is 9.65 Å². The number of hydrogen-bond donors (Lipinski definition) is 0. The van der Waals surface area contributed by atoms with Crippen LogP contribution in [0.4, 0.5) is 65.9 Å². The Labute approximate surface area is 485 Å². The second-order valence-corrected chi connectivity index (χ2v) is 22.8. The van der Waals surface area contributed by atoms with Gasteiger partial charge in [-0.1, -0.05) is 99.7 Å². The molecule has 0 saturated carbocycles. The van der Waals surface area contributed by atoms with Gasteiger partial charge < -0.3 is 32.4 Å². The lowest BCUT2D eigenvalue weighted by Gasteiger charge is -2.34. The van der Waals surface area contributed by atoms with Gasteiger partial charge in [-0.05, 0) is 156 Å². The minimum absolute atomic E-state index is 0.0241. The average molecular weight is 1250 g/mol. The summed E-state index contributed by atoms with van der Waals surface area (Å²) < 4.78 is 259. The summed E-state index contributed by atoms with van der Waals surface area (Å²) in [5.41, 5.74) is -11.8. The molecule has 0 amide bonds. The minimum atomic E-state index is -5.95. The first kappa shape index (κ1) is 72.0. The Morgan fingerprint density at radius 3 is 1.08 bits per heavy atom. The molecule has 9 nitrogen and oxygen atoms in total. The summed E-state index contributed by atoms with van der Waals surface area (Å²) in [7, 11) is -4.65. The van der Waals surface area contributed by atoms with Crippen LogP contribution in [0.3, 0.4) is 0 Å². The highest BCUT2D eigenvalue weighted by molar-refractivity contribution is 7.88. The summed E-state index contributed by atoms with van der Waals surface area (Å²) in [6.07, 6.45) is -21.4. The standard InChI is InChI=1S/C32H39BF6O4.C27H27F9O5S/c1-10-29(11-2,25-14-15-26(22(4)19-25)33-42-27(5,6)28(7,8)43-33)24-13-12-23(21(3)18-24)16-17-30(31(34,35)36,32(37,38)39)41-20-40-9;1-6-23(7-2,21-10-11-22(18(4)15-21)41-42(37,38)27(34,35)36)20-9-8-19(17(3)14-20)12-13-24(25(28,29)30,26(31,32)33)40-16-39-5/h12-15,18-19H,10-11,20H2,1-9H3;8-11,14-15H,6-7,16H2,1-5H3. The largest absolute Gasteiger partial charge is 0.534 e. The van der Waals surface area contributed by atoms with Crippen molar-refractivity contribution in [2.45, 2.75) is 172 Å². The quantitative estimate of drug-likeness (QED) is 0.0256. The van der Waals surface area contributed by atoms with Crippen molar-refractivity contribution in [1.82, 2.24) is 0 Å². The van der Waals surface area contributed by atoms with Crippen molar-refractivity contribution < 1.29 is 107 Å². The highest BCUT2D eigenvalue weighted by Crippen LogP contribution is 2.48. The fourth-order valence-electron chi connectivity index (χ4n) is 9.69. The lowest BCUT2D eigenvalue weighted by Crippen LogP contribution is -2.58. The summed E-state index contributed by atoms with van der Waals surface area (Å²) in [5.74, 6) is 6.07. The molecule has 4 aromatic carbocycles. The Kier molecular flexibility index (Phi) is 22.1. The van der Waals surface area contributed by atoms with Gasteiger partial charge in [0, 0.05) is 36.2 Å². The second kappa shape index (κ2) is 26.1. The van der Waals surface area contributed by atoms with E-state index in [1.165, 1.54) is 62.1 Å². The predicted molar refractivity (Wildman–Crippen MR) is 288 cm³/mol. The Hall–Kier alpha value is -5.48. The molecule has 0 aliphatic carbocycles. The molecule has 470 valence electrons. The van der Waals surface area contributed by atoms with Crippen molar-refractivity contribution in [2.24, 2.45) is 0 Å². The molecule has 85 heavy (non-hydrogen) atoms. The van der Waals surface area contributed by atoms with E-state index < -0.39 is 100 Å². The number of halogens is 15. The van der Waals surface area contributed by atoms with E-state index in [2.05, 4.69) is 35.1 Å². The summed E-state index contributed by atoms with van der Waals surface area (Å²) in [6.45, 7) is 19.5. The molecule has 0 unspecified atom stereocenters. The van der Waals surface area contributed by atoms with E-state index in [-0.39, 0.29) is 22.3 Å². The van der Waals surface area contributed by atoms with Crippen molar-refractivity contribution in [2.75, 3.05) is 27.8 Å². The van der Waals surface area contributed by atoms with Crippen LogP contribution in [0.2, 0.25) is 0 Å². The predicted octanol–water partition coefficient (Wildman–Crippen LogP) is 15.0. The van der Waals surface area contributed by atoms with Crippen LogP contribution in [-0.2, 0) is 49.2 Å². The van der Waals surface area contributed by atoms with Crippen LogP contribution in [0.1, 0.15) is 137 Å². The Bertz CT molecular complexity index is 3180. The van der Waals surface area contributed by atoms with Gasteiger partial charge in [-0.25, -0.2) is 0 Å². The number of alkyl halides is 15. The first-order valence-corrected chi connectivity index (χ1v) is 27.6. The summed E-state index contributed by atoms with van der Waals surface area (Å²) in [5, 5.41) is 0. The average Bonchev–Trinajstić information content (AvgIpc) is 1.40. The van der Waals surface area contributed by atoms with Gasteiger partial charge in [-0.3, -0.25) is 0 Å². The van der Waals surface area contributed by atoms with Crippen molar-refractivity contribution in [3.63, 3.8) is 0 Å². The molecule has 0 N–H and O–H groups in total. The number of hydrogen-bond acceptors (Lipinski definition) is 9. The number of ether oxygens (including phenoxy) is 4. The third-order valence-electron chi connectivity index (χ3n) is 15.6. The van der Waals surface area contributed by atoms with E-state index in [0.717, 1.165) is 42.4 Å². The third-order valence-corrected chi connectivity index (χ3v) is 16.6. The maximum absolute atomic E-state index is 13.7. The van der Waals surface area contributed by atoms with Gasteiger partial charge in [0.25, 0.3) is 0 Å². The van der Waals surface area contributed by atoms with Crippen LogP contribution in [-0.4, -0.2) is 96.0 Å². The molecule has 1 aliphatic heterocycles. The summed E-state index contributed by atoms with van der Waals surface area (Å²) >= 11 is 0. The van der Waals surface area contributed by atoms with Gasteiger partial charge in [-0.15, -0.1) is 0 Å². The van der Waals surface area contributed by atoms with E-state index >= 15 is 0 Å². The van der Waals surface area contributed by atoms with Crippen molar-refractivity contribution >= 4 is 22.7 Å². The van der Waals surface area contributed by atoms with E-state index in [4.69, 9.17) is 9.31 Å². The van der Waals surface area contributed by atoms with Crippen molar-refractivity contribution in [1.29, 1.82) is 0 Å². The summed E-state index contributed by atoms with van der Waals surface area (Å²) in [4.78, 5) is 0. The van der Waals surface area contributed by atoms with Gasteiger partial charge in [0.1, 0.15) is 19.3 Å². The molecule has 5 rings (SSSR count). The molecule has 0 aromatic heterocycles. The molecule has 1 fully saturated rings. The van der Waals surface area contributed by atoms with E-state index in [9.17, 15) is 74.3 Å². The molecule has 26 heteroatoms. The third kappa shape index (κ3) is 14.6. The zero-order valence-electron chi connectivity index (χ0n) is 49.0. The minimum Gasteiger partial charge on any atom is -0.399 e. The van der Waals surface area contributed by atoms with Crippen LogP contribution in [0, 0.1) is 51.4 Å². The Balaban J connectivity index is 0.000000365. The molecule has 0 radical (unpaired) electrons. The number of benzene rings is 4. The topological polar surface area (TPSA) is 98.8 Å². The number of rotatable bonds is 17. The van der Waals surface area contributed by atoms with Crippen LogP contribution >= 0.6 is 0 Å². The first-order valence-electron chi connectivity index (χ1n) is 26.2. The molecule has 1 saturated heterocycles. The first-order chi connectivity index (χ1) is 38.8.